The van der Waals surface area contributed by atoms with Crippen LogP contribution in [0.1, 0.15) is 106 Å². The Balaban J connectivity index is 1.62. The summed E-state index contributed by atoms with van der Waals surface area (Å²) in [7, 11) is 0. The molecule has 4 nitrogen and oxygen atoms in total. The standard InChI is InChI=1S/C30H46O4/c1-25(2)21-8-11-30(7)23(28(21,5)10-9-22(25)32)20(31)16-18-19-17-27(4,24(33)34)13-12-26(19,3)14-15-29(18,30)6/h16,19,21-23,32H,8-15,17H2,1-7H3,(H,33,34)/p-1. The molecule has 0 bridgehead atoms. The fraction of sp³-hybridized carbons (Fsp3) is 0.867. The van der Waals surface area contributed by atoms with E-state index < -0.39 is 11.4 Å². The third-order valence-electron chi connectivity index (χ3n) is 13.0. The first-order chi connectivity index (χ1) is 15.6. The van der Waals surface area contributed by atoms with Crippen LogP contribution in [0.15, 0.2) is 11.6 Å². The van der Waals surface area contributed by atoms with Gasteiger partial charge < -0.3 is 15.0 Å². The number of rotatable bonds is 1. The van der Waals surface area contributed by atoms with E-state index in [4.69, 9.17) is 0 Å². The van der Waals surface area contributed by atoms with Crippen molar-refractivity contribution in [1.82, 2.24) is 0 Å². The first-order valence-corrected chi connectivity index (χ1v) is 13.7. The Kier molecular flexibility index (Phi) is 5.04. The molecule has 0 radical (unpaired) electrons. The topological polar surface area (TPSA) is 77.4 Å². The van der Waals surface area contributed by atoms with E-state index >= 15 is 0 Å². The first kappa shape index (κ1) is 24.5. The average Bonchev–Trinajstić information content (AvgIpc) is 2.73. The zero-order chi connectivity index (χ0) is 25.1. The van der Waals surface area contributed by atoms with Gasteiger partial charge >= 0.3 is 0 Å². The Labute approximate surface area is 206 Å². The van der Waals surface area contributed by atoms with Gasteiger partial charge in [-0.15, -0.1) is 0 Å². The molecular formula is C30H45O4-. The summed E-state index contributed by atoms with van der Waals surface area (Å²) in [5.74, 6) is -0.266. The van der Waals surface area contributed by atoms with Crippen molar-refractivity contribution in [3.63, 3.8) is 0 Å². The summed E-state index contributed by atoms with van der Waals surface area (Å²) in [6.07, 6.45) is 9.69. The highest BCUT2D eigenvalue weighted by Gasteiger charge is 2.70. The van der Waals surface area contributed by atoms with Gasteiger partial charge in [0.2, 0.25) is 0 Å². The number of carbonyl (C=O) groups is 2. The van der Waals surface area contributed by atoms with Gasteiger partial charge in [0.1, 0.15) is 0 Å². The normalized spacial score (nSPS) is 54.1. The Morgan fingerprint density at radius 3 is 2.24 bits per heavy atom. The van der Waals surface area contributed by atoms with E-state index in [1.807, 2.05) is 13.0 Å². The summed E-state index contributed by atoms with van der Waals surface area (Å²) >= 11 is 0. The Morgan fingerprint density at radius 2 is 1.59 bits per heavy atom. The number of hydrogen-bond donors (Lipinski definition) is 1. The highest BCUT2D eigenvalue weighted by Crippen LogP contribution is 2.75. The minimum atomic E-state index is -0.940. The lowest BCUT2D eigenvalue weighted by atomic mass is 9.33. The van der Waals surface area contributed by atoms with Crippen LogP contribution in [0.4, 0.5) is 0 Å². The van der Waals surface area contributed by atoms with Crippen molar-refractivity contribution in [3.05, 3.63) is 11.6 Å². The van der Waals surface area contributed by atoms with Crippen LogP contribution in [0.2, 0.25) is 0 Å². The maximum atomic E-state index is 14.2. The molecule has 4 saturated carbocycles. The molecule has 9 unspecified atom stereocenters. The van der Waals surface area contributed by atoms with Crippen molar-refractivity contribution in [2.75, 3.05) is 0 Å². The smallest absolute Gasteiger partial charge is 0.159 e. The minimum absolute atomic E-state index is 0.0419. The lowest BCUT2D eigenvalue weighted by Crippen LogP contribution is -2.66. The van der Waals surface area contributed by atoms with Crippen LogP contribution in [0.25, 0.3) is 0 Å². The van der Waals surface area contributed by atoms with Crippen molar-refractivity contribution >= 4 is 11.8 Å². The van der Waals surface area contributed by atoms with E-state index in [2.05, 4.69) is 41.5 Å². The molecule has 0 spiro atoms. The molecule has 4 fully saturated rings. The molecule has 190 valence electrons. The number of carboxylic acid groups (broad SMARTS) is 1. The van der Waals surface area contributed by atoms with Gasteiger partial charge in [-0.25, -0.2) is 0 Å². The number of aliphatic hydroxyl groups is 1. The van der Waals surface area contributed by atoms with Gasteiger partial charge in [0.15, 0.2) is 5.78 Å². The fourth-order valence-electron chi connectivity index (χ4n) is 10.4. The number of carboxylic acids is 1. The van der Waals surface area contributed by atoms with Crippen LogP contribution in [-0.2, 0) is 9.59 Å². The molecule has 0 aliphatic heterocycles. The number of aliphatic carboxylic acids is 1. The molecule has 1 N–H and O–H groups in total. The maximum Gasteiger partial charge on any atom is 0.159 e. The summed E-state index contributed by atoms with van der Waals surface area (Å²) in [6.45, 7) is 15.7. The van der Waals surface area contributed by atoms with Crippen LogP contribution in [0.5, 0.6) is 0 Å². The lowest BCUT2D eigenvalue weighted by molar-refractivity contribution is -0.321. The average molecular weight is 470 g/mol. The van der Waals surface area contributed by atoms with E-state index in [1.54, 1.807) is 0 Å². The van der Waals surface area contributed by atoms with E-state index in [9.17, 15) is 19.8 Å². The molecule has 0 aromatic heterocycles. The Hall–Kier alpha value is -1.16. The SMILES string of the molecule is CC1(C(=O)[O-])CCC2(C)CCC3(C)C(=CC(=O)C4C5(C)CCC(O)C(C)(C)C5CCC43C)C2C1. The number of ketones is 1. The Bertz CT molecular complexity index is 965. The molecule has 0 heterocycles. The second kappa shape index (κ2) is 6.99. The largest absolute Gasteiger partial charge is 0.550 e. The van der Waals surface area contributed by atoms with Gasteiger partial charge in [-0.1, -0.05) is 54.0 Å². The van der Waals surface area contributed by atoms with Crippen molar-refractivity contribution in [2.45, 2.75) is 112 Å². The van der Waals surface area contributed by atoms with Gasteiger partial charge in [0, 0.05) is 17.3 Å². The van der Waals surface area contributed by atoms with Crippen molar-refractivity contribution < 1.29 is 19.8 Å². The van der Waals surface area contributed by atoms with Crippen molar-refractivity contribution in [2.24, 2.45) is 50.2 Å². The molecule has 0 aromatic carbocycles. The maximum absolute atomic E-state index is 14.2. The minimum Gasteiger partial charge on any atom is -0.550 e. The van der Waals surface area contributed by atoms with Gasteiger partial charge in [-0.3, -0.25) is 4.79 Å². The number of hydrogen-bond acceptors (Lipinski definition) is 4. The first-order valence-electron chi connectivity index (χ1n) is 13.7. The molecule has 0 saturated heterocycles. The predicted octanol–water partition coefficient (Wildman–Crippen LogP) is 5.08. The quantitative estimate of drug-likeness (QED) is 0.581. The van der Waals surface area contributed by atoms with E-state index in [1.165, 1.54) is 5.57 Å². The van der Waals surface area contributed by atoms with Crippen molar-refractivity contribution in [1.29, 1.82) is 0 Å². The third-order valence-corrected chi connectivity index (χ3v) is 13.0. The summed E-state index contributed by atoms with van der Waals surface area (Å²) in [5.41, 5.74) is -0.0781. The molecule has 5 rings (SSSR count). The summed E-state index contributed by atoms with van der Waals surface area (Å²) in [5, 5.41) is 23.0. The van der Waals surface area contributed by atoms with Crippen LogP contribution in [0.3, 0.4) is 0 Å². The number of carbonyl (C=O) groups excluding carboxylic acids is 2. The number of fused-ring (bicyclic) bond motifs is 7. The molecule has 4 heteroatoms. The number of allylic oxidation sites excluding steroid dienone is 2. The summed E-state index contributed by atoms with van der Waals surface area (Å²) in [4.78, 5) is 26.3. The van der Waals surface area contributed by atoms with Crippen molar-refractivity contribution in [3.8, 4) is 0 Å². The van der Waals surface area contributed by atoms with Crippen LogP contribution < -0.4 is 5.11 Å². The van der Waals surface area contributed by atoms with E-state index in [0.29, 0.717) is 18.8 Å². The van der Waals surface area contributed by atoms with E-state index in [-0.39, 0.29) is 50.8 Å². The van der Waals surface area contributed by atoms with Gasteiger partial charge in [-0.05, 0) is 103 Å². The molecule has 34 heavy (non-hydrogen) atoms. The van der Waals surface area contributed by atoms with Crippen LogP contribution >= 0.6 is 0 Å². The van der Waals surface area contributed by atoms with Gasteiger partial charge in [0.25, 0.3) is 0 Å². The molecule has 9 atom stereocenters. The second-order valence-electron chi connectivity index (χ2n) is 14.9. The molecule has 5 aliphatic rings. The highest BCUT2D eigenvalue weighted by atomic mass is 16.4. The predicted molar refractivity (Wildman–Crippen MR) is 130 cm³/mol. The molecule has 5 aliphatic carbocycles. The monoisotopic (exact) mass is 469 g/mol. The van der Waals surface area contributed by atoms with Crippen LogP contribution in [0, 0.1) is 50.2 Å². The summed E-state index contributed by atoms with van der Waals surface area (Å²) in [6, 6.07) is 0. The zero-order valence-electron chi connectivity index (χ0n) is 22.4. The number of aliphatic hydroxyl groups excluding tert-OH is 1. The fourth-order valence-corrected chi connectivity index (χ4v) is 10.4. The van der Waals surface area contributed by atoms with E-state index in [0.717, 1.165) is 44.9 Å². The zero-order valence-corrected chi connectivity index (χ0v) is 22.4. The lowest BCUT2D eigenvalue weighted by Gasteiger charge is -2.70. The summed E-state index contributed by atoms with van der Waals surface area (Å²) < 4.78 is 0. The molecular weight excluding hydrogens is 424 g/mol. The highest BCUT2D eigenvalue weighted by molar-refractivity contribution is 5.95. The van der Waals surface area contributed by atoms with Gasteiger partial charge in [0.05, 0.1) is 6.10 Å². The van der Waals surface area contributed by atoms with Crippen LogP contribution in [-0.4, -0.2) is 23.0 Å². The molecule has 0 aromatic rings. The second-order valence-corrected chi connectivity index (χ2v) is 14.9. The molecule has 0 amide bonds. The Morgan fingerprint density at radius 1 is 0.941 bits per heavy atom. The third kappa shape index (κ3) is 2.81. The van der Waals surface area contributed by atoms with Gasteiger partial charge in [-0.2, -0.15) is 0 Å².